The molecule has 1 aromatic rings. The van der Waals surface area contributed by atoms with E-state index in [2.05, 4.69) is 4.90 Å². The number of rotatable bonds is 5. The van der Waals surface area contributed by atoms with Crippen molar-refractivity contribution in [3.8, 4) is 0 Å². The van der Waals surface area contributed by atoms with Crippen LogP contribution in [0, 0.1) is 0 Å². The van der Waals surface area contributed by atoms with Crippen LogP contribution in [0.5, 0.6) is 0 Å². The minimum Gasteiger partial charge on any atom is -0.466 e. The summed E-state index contributed by atoms with van der Waals surface area (Å²) in [6.45, 7) is 3.96. The number of allylic oxidation sites excluding steroid dienone is 1. The third kappa shape index (κ3) is 5.08. The lowest BCUT2D eigenvalue weighted by molar-refractivity contribution is -0.138. The number of hydrogen-bond acceptors (Lipinski definition) is 6. The third-order valence-corrected chi connectivity index (χ3v) is 6.39. The average Bonchev–Trinajstić information content (AvgIpc) is 2.81. The molecule has 1 aromatic carbocycles. The van der Waals surface area contributed by atoms with Crippen LogP contribution < -0.4 is 0 Å². The Morgan fingerprint density at radius 1 is 0.970 bits per heavy atom. The molecule has 1 fully saturated rings. The van der Waals surface area contributed by atoms with Gasteiger partial charge >= 0.3 is 18.1 Å². The number of benzene rings is 1. The van der Waals surface area contributed by atoms with Gasteiger partial charge in [0.25, 0.3) is 0 Å². The van der Waals surface area contributed by atoms with Gasteiger partial charge in [0.05, 0.1) is 36.8 Å². The molecule has 1 unspecified atom stereocenters. The number of alkyl halides is 3. The summed E-state index contributed by atoms with van der Waals surface area (Å²) in [6, 6.07) is 4.52. The van der Waals surface area contributed by atoms with Gasteiger partial charge in [-0.1, -0.05) is 18.6 Å². The predicted molar refractivity (Wildman–Crippen MR) is 116 cm³/mol. The fourth-order valence-electron chi connectivity index (χ4n) is 4.52. The number of halogens is 3. The molecule has 0 amide bonds. The van der Waals surface area contributed by atoms with Gasteiger partial charge in [0, 0.05) is 25.0 Å². The Morgan fingerprint density at radius 3 is 2.03 bits per heavy atom. The standard InChI is InChI=1S/C24H29F3N2O4/c1-15-19(22(30)32-3)20(16-8-10-17(11-9-16)24(25,26)27)21(23(31)33-4)18(28(15)2)14-29-12-6-5-7-13-29/h8-11,20H,5-7,12-14H2,1-4H3. The number of likely N-dealkylation sites (N-methyl/N-ethyl adjacent to an activating group) is 1. The maximum absolute atomic E-state index is 13.1. The number of piperidine rings is 1. The SMILES string of the molecule is COC(=O)C1=C(C)N(C)C(CN2CCCCC2)=C(C(=O)OC)C1c1ccc(C(F)(F)F)cc1. The minimum atomic E-state index is -4.50. The van der Waals surface area contributed by atoms with E-state index in [4.69, 9.17) is 9.47 Å². The lowest BCUT2D eigenvalue weighted by Crippen LogP contribution is -2.40. The Hall–Kier alpha value is -2.81. The first-order valence-corrected chi connectivity index (χ1v) is 10.8. The highest BCUT2D eigenvalue weighted by atomic mass is 19.4. The van der Waals surface area contributed by atoms with Crippen LogP contribution in [0.2, 0.25) is 0 Å². The number of carbonyl (C=O) groups excluding carboxylic acids is 2. The van der Waals surface area contributed by atoms with Crippen LogP contribution in [0.25, 0.3) is 0 Å². The van der Waals surface area contributed by atoms with E-state index in [0.29, 0.717) is 23.5 Å². The van der Waals surface area contributed by atoms with Crippen LogP contribution in [-0.4, -0.2) is 62.6 Å². The average molecular weight is 467 g/mol. The van der Waals surface area contributed by atoms with Gasteiger partial charge in [-0.3, -0.25) is 4.90 Å². The van der Waals surface area contributed by atoms with Gasteiger partial charge < -0.3 is 14.4 Å². The fourth-order valence-corrected chi connectivity index (χ4v) is 4.52. The molecule has 0 aliphatic carbocycles. The summed E-state index contributed by atoms with van der Waals surface area (Å²) in [6.07, 6.45) is -1.25. The van der Waals surface area contributed by atoms with Crippen LogP contribution in [0.1, 0.15) is 43.2 Å². The Kier molecular flexibility index (Phi) is 7.51. The number of ether oxygens (including phenoxy) is 2. The summed E-state index contributed by atoms with van der Waals surface area (Å²) in [5, 5.41) is 0. The van der Waals surface area contributed by atoms with E-state index in [1.165, 1.54) is 26.4 Å². The van der Waals surface area contributed by atoms with Gasteiger partial charge in [-0.15, -0.1) is 0 Å². The molecule has 6 nitrogen and oxygen atoms in total. The van der Waals surface area contributed by atoms with E-state index in [1.54, 1.807) is 18.9 Å². The second-order valence-corrected chi connectivity index (χ2v) is 8.29. The zero-order valence-corrected chi connectivity index (χ0v) is 19.3. The molecule has 0 spiro atoms. The second kappa shape index (κ2) is 9.99. The fraction of sp³-hybridized carbons (Fsp3) is 0.500. The smallest absolute Gasteiger partial charge is 0.416 e. The Balaban J connectivity index is 2.19. The molecular formula is C24H29F3N2O4. The Labute approximate surface area is 191 Å². The number of carbonyl (C=O) groups is 2. The van der Waals surface area contributed by atoms with Crippen molar-refractivity contribution in [2.24, 2.45) is 0 Å². The van der Waals surface area contributed by atoms with Crippen molar-refractivity contribution in [2.45, 2.75) is 38.3 Å². The first-order chi connectivity index (χ1) is 15.6. The molecule has 0 aromatic heterocycles. The van der Waals surface area contributed by atoms with Crippen molar-refractivity contribution < 1.29 is 32.2 Å². The molecule has 0 bridgehead atoms. The normalized spacial score (nSPS) is 20.2. The maximum atomic E-state index is 13.1. The topological polar surface area (TPSA) is 59.1 Å². The lowest BCUT2D eigenvalue weighted by Gasteiger charge is -2.39. The van der Waals surface area contributed by atoms with Crippen LogP contribution in [0.3, 0.4) is 0 Å². The molecule has 2 aliphatic heterocycles. The number of esters is 2. The summed E-state index contributed by atoms with van der Waals surface area (Å²) in [4.78, 5) is 29.9. The quantitative estimate of drug-likeness (QED) is 0.610. The molecule has 1 saturated heterocycles. The van der Waals surface area contributed by atoms with E-state index >= 15 is 0 Å². The van der Waals surface area contributed by atoms with Crippen molar-refractivity contribution in [1.29, 1.82) is 0 Å². The predicted octanol–water partition coefficient (Wildman–Crippen LogP) is 4.09. The Bertz CT molecular complexity index is 961. The van der Waals surface area contributed by atoms with E-state index in [1.807, 2.05) is 0 Å². The molecular weight excluding hydrogens is 437 g/mol. The van der Waals surface area contributed by atoms with E-state index in [0.717, 1.165) is 44.5 Å². The van der Waals surface area contributed by atoms with Gasteiger partial charge in [-0.05, 0) is 50.6 Å². The summed E-state index contributed by atoms with van der Waals surface area (Å²) >= 11 is 0. The van der Waals surface area contributed by atoms with E-state index in [9.17, 15) is 22.8 Å². The van der Waals surface area contributed by atoms with Crippen LogP contribution in [-0.2, 0) is 25.2 Å². The van der Waals surface area contributed by atoms with Crippen LogP contribution in [0.15, 0.2) is 46.8 Å². The molecule has 2 heterocycles. The maximum Gasteiger partial charge on any atom is 0.416 e. The molecule has 9 heteroatoms. The number of methoxy groups -OCH3 is 2. The second-order valence-electron chi connectivity index (χ2n) is 8.29. The minimum absolute atomic E-state index is 0.197. The highest BCUT2D eigenvalue weighted by Crippen LogP contribution is 2.43. The molecule has 1 atom stereocenters. The third-order valence-electron chi connectivity index (χ3n) is 6.39. The summed E-state index contributed by atoms with van der Waals surface area (Å²) in [5.74, 6) is -2.20. The van der Waals surface area contributed by atoms with Gasteiger partial charge in [-0.2, -0.15) is 13.2 Å². The Morgan fingerprint density at radius 2 is 1.52 bits per heavy atom. The molecule has 0 N–H and O–H groups in total. The van der Waals surface area contributed by atoms with Gasteiger partial charge in [0.2, 0.25) is 0 Å². The van der Waals surface area contributed by atoms with Crippen molar-refractivity contribution in [1.82, 2.24) is 9.80 Å². The van der Waals surface area contributed by atoms with E-state index in [-0.39, 0.29) is 11.1 Å². The summed E-state index contributed by atoms with van der Waals surface area (Å²) in [7, 11) is 4.25. The van der Waals surface area contributed by atoms with Crippen molar-refractivity contribution in [3.05, 3.63) is 57.9 Å². The molecule has 0 saturated carbocycles. The summed E-state index contributed by atoms with van der Waals surface area (Å²) < 4.78 is 49.5. The molecule has 33 heavy (non-hydrogen) atoms. The van der Waals surface area contributed by atoms with Crippen LogP contribution >= 0.6 is 0 Å². The number of nitrogens with zero attached hydrogens (tertiary/aromatic N) is 2. The monoisotopic (exact) mass is 466 g/mol. The zero-order chi connectivity index (χ0) is 24.3. The molecule has 180 valence electrons. The van der Waals surface area contributed by atoms with Crippen molar-refractivity contribution in [2.75, 3.05) is 40.9 Å². The first-order valence-electron chi connectivity index (χ1n) is 10.8. The number of hydrogen-bond donors (Lipinski definition) is 0. The molecule has 3 rings (SSSR count). The van der Waals surface area contributed by atoms with Gasteiger partial charge in [-0.25, -0.2) is 9.59 Å². The highest BCUT2D eigenvalue weighted by Gasteiger charge is 2.41. The van der Waals surface area contributed by atoms with Gasteiger partial charge in [0.15, 0.2) is 0 Å². The number of likely N-dealkylation sites (tertiary alicyclic amines) is 1. The van der Waals surface area contributed by atoms with Crippen molar-refractivity contribution in [3.63, 3.8) is 0 Å². The first kappa shape index (κ1) is 24.8. The summed E-state index contributed by atoms with van der Waals surface area (Å²) in [5.41, 5.74) is 1.24. The molecule has 0 radical (unpaired) electrons. The highest BCUT2D eigenvalue weighted by molar-refractivity contribution is 5.99. The lowest BCUT2D eigenvalue weighted by atomic mass is 9.79. The molecule has 2 aliphatic rings. The largest absolute Gasteiger partial charge is 0.466 e. The van der Waals surface area contributed by atoms with E-state index < -0.39 is 29.6 Å². The van der Waals surface area contributed by atoms with Gasteiger partial charge in [0.1, 0.15) is 0 Å². The van der Waals surface area contributed by atoms with Crippen molar-refractivity contribution >= 4 is 11.9 Å². The zero-order valence-electron chi connectivity index (χ0n) is 19.3. The van der Waals surface area contributed by atoms with Crippen LogP contribution in [0.4, 0.5) is 13.2 Å².